The number of rotatable bonds is 6. The Balaban J connectivity index is 1.21. The molecule has 0 spiro atoms. The maximum atomic E-state index is 14.7. The lowest BCUT2D eigenvalue weighted by Gasteiger charge is -2.40. The van der Waals surface area contributed by atoms with Crippen molar-refractivity contribution in [3.63, 3.8) is 0 Å². The predicted octanol–water partition coefficient (Wildman–Crippen LogP) is 5.14. The van der Waals surface area contributed by atoms with Gasteiger partial charge in [-0.25, -0.2) is 13.6 Å². The summed E-state index contributed by atoms with van der Waals surface area (Å²) < 4.78 is 59.0. The van der Waals surface area contributed by atoms with Crippen molar-refractivity contribution in [2.45, 2.75) is 102 Å². The minimum atomic E-state index is -0.850. The van der Waals surface area contributed by atoms with E-state index in [1.807, 2.05) is 52.0 Å². The molecular weight excluding hydrogens is 557 g/mol. The van der Waals surface area contributed by atoms with E-state index in [0.29, 0.717) is 19.6 Å². The fourth-order valence-corrected chi connectivity index (χ4v) is 5.76. The maximum Gasteiger partial charge on any atom is 0.494 e. The molecule has 0 unspecified atom stereocenters. The van der Waals surface area contributed by atoms with Gasteiger partial charge in [-0.1, -0.05) is 12.1 Å². The summed E-state index contributed by atoms with van der Waals surface area (Å²) in [5.41, 5.74) is -0.510. The average molecular weight is 601 g/mol. The predicted molar refractivity (Wildman–Crippen MR) is 159 cm³/mol. The molecule has 0 saturated carbocycles. The monoisotopic (exact) mass is 600 g/mol. The molecule has 0 bridgehead atoms. The molecule has 3 fully saturated rings. The Morgan fingerprint density at radius 2 is 1.72 bits per heavy atom. The van der Waals surface area contributed by atoms with Gasteiger partial charge < -0.3 is 28.8 Å². The van der Waals surface area contributed by atoms with Crippen LogP contribution in [0.5, 0.6) is 5.75 Å². The molecule has 3 heterocycles. The number of nitrogens with one attached hydrogen (secondary N) is 1. The van der Waals surface area contributed by atoms with Gasteiger partial charge in [0, 0.05) is 24.7 Å². The highest BCUT2D eigenvalue weighted by molar-refractivity contribution is 6.62. The number of alkyl carbamates (subject to hydrolysis) is 1. The zero-order chi connectivity index (χ0) is 31.2. The van der Waals surface area contributed by atoms with Gasteiger partial charge in [0.2, 0.25) is 0 Å². The summed E-state index contributed by atoms with van der Waals surface area (Å²) in [6.45, 7) is 15.2. The first-order valence-electron chi connectivity index (χ1n) is 15.0. The molecule has 43 heavy (non-hydrogen) atoms. The van der Waals surface area contributed by atoms with Crippen LogP contribution in [0.1, 0.15) is 73.0 Å². The molecule has 234 valence electrons. The SMILES string of the molecule is CC(C)(C)OC(=O)N[C@H]1C[C@H](N2CC[C@@H](Oc3ccc(B4OC(C)(C)C(C)(C)O4)cc3)C2)CO[C@@H]1c1cc(F)ccc1F. The quantitative estimate of drug-likeness (QED) is 0.461. The van der Waals surface area contributed by atoms with Crippen molar-refractivity contribution >= 4 is 18.7 Å². The van der Waals surface area contributed by atoms with Crippen LogP contribution in [-0.2, 0) is 18.8 Å². The minimum Gasteiger partial charge on any atom is -0.489 e. The molecule has 1 N–H and O–H groups in total. The largest absolute Gasteiger partial charge is 0.494 e. The smallest absolute Gasteiger partial charge is 0.489 e. The number of ether oxygens (including phenoxy) is 3. The molecule has 11 heteroatoms. The average Bonchev–Trinajstić information content (AvgIpc) is 3.45. The Kier molecular flexibility index (Phi) is 8.84. The van der Waals surface area contributed by atoms with Gasteiger partial charge in [0.25, 0.3) is 0 Å². The molecule has 5 rings (SSSR count). The number of hydrogen-bond acceptors (Lipinski definition) is 7. The van der Waals surface area contributed by atoms with Crippen molar-refractivity contribution in [2.24, 2.45) is 0 Å². The number of carbonyl (C=O) groups excluding carboxylic acids is 1. The maximum absolute atomic E-state index is 14.7. The van der Waals surface area contributed by atoms with E-state index in [2.05, 4.69) is 10.2 Å². The van der Waals surface area contributed by atoms with Crippen LogP contribution in [0.4, 0.5) is 13.6 Å². The van der Waals surface area contributed by atoms with Gasteiger partial charge in [0.15, 0.2) is 0 Å². The number of benzene rings is 2. The van der Waals surface area contributed by atoms with E-state index >= 15 is 0 Å². The van der Waals surface area contributed by atoms with Crippen molar-refractivity contribution < 1.29 is 37.1 Å². The molecule has 3 saturated heterocycles. The Morgan fingerprint density at radius 3 is 2.37 bits per heavy atom. The molecule has 8 nitrogen and oxygen atoms in total. The highest BCUT2D eigenvalue weighted by Gasteiger charge is 2.51. The Labute approximate surface area is 253 Å². The van der Waals surface area contributed by atoms with E-state index in [1.165, 1.54) is 0 Å². The zero-order valence-electron chi connectivity index (χ0n) is 26.1. The second kappa shape index (κ2) is 12.0. The van der Waals surface area contributed by atoms with E-state index in [0.717, 1.165) is 42.4 Å². The van der Waals surface area contributed by atoms with Crippen LogP contribution >= 0.6 is 0 Å². The molecule has 4 atom stereocenters. The third-order valence-corrected chi connectivity index (χ3v) is 8.73. The third-order valence-electron chi connectivity index (χ3n) is 8.73. The number of carbonyl (C=O) groups is 1. The van der Waals surface area contributed by atoms with Crippen LogP contribution < -0.4 is 15.5 Å². The standard InChI is InChI=1S/C32H43BF2N2O6/c1-30(2,3)41-29(38)36-27-17-22(19-39-28(27)25-16-21(34)10-13-26(25)35)37-15-14-24(18-37)40-23-11-8-20(9-12-23)33-42-31(4,5)32(6,7)43-33/h8-13,16,22,24,27-28H,14-15,17-19H2,1-7H3,(H,36,38)/t22-,24+,27-,28+/m0/s1. The molecule has 1 amide bonds. The molecular formula is C32H43BF2N2O6. The molecule has 0 aromatic heterocycles. The van der Waals surface area contributed by atoms with Gasteiger partial charge in [0.05, 0.1) is 23.9 Å². The number of likely N-dealkylation sites (tertiary alicyclic amines) is 1. The van der Waals surface area contributed by atoms with Gasteiger partial charge in [-0.3, -0.25) is 4.90 Å². The van der Waals surface area contributed by atoms with Crippen molar-refractivity contribution in [2.75, 3.05) is 19.7 Å². The zero-order valence-corrected chi connectivity index (χ0v) is 26.1. The first-order chi connectivity index (χ1) is 20.1. The van der Waals surface area contributed by atoms with E-state index in [1.54, 1.807) is 20.8 Å². The number of nitrogens with zero attached hydrogens (tertiary/aromatic N) is 1. The van der Waals surface area contributed by atoms with Crippen LogP contribution in [0.2, 0.25) is 0 Å². The molecule has 2 aromatic rings. The van der Waals surface area contributed by atoms with Crippen molar-refractivity contribution in [1.82, 2.24) is 10.2 Å². The summed E-state index contributed by atoms with van der Waals surface area (Å²) in [5, 5.41) is 2.86. The van der Waals surface area contributed by atoms with Crippen LogP contribution in [-0.4, -0.2) is 72.8 Å². The first-order valence-corrected chi connectivity index (χ1v) is 15.0. The summed E-state index contributed by atoms with van der Waals surface area (Å²) >= 11 is 0. The first kappa shape index (κ1) is 31.7. The normalized spacial score (nSPS) is 27.2. The summed E-state index contributed by atoms with van der Waals surface area (Å²) in [7, 11) is -0.431. The Hall–Kier alpha value is -2.73. The van der Waals surface area contributed by atoms with E-state index in [4.69, 9.17) is 23.5 Å². The van der Waals surface area contributed by atoms with E-state index < -0.39 is 53.8 Å². The summed E-state index contributed by atoms with van der Waals surface area (Å²) in [5.74, 6) is -0.389. The number of halogens is 2. The highest BCUT2D eigenvalue weighted by atomic mass is 19.1. The van der Waals surface area contributed by atoms with Crippen LogP contribution in [0.15, 0.2) is 42.5 Å². The van der Waals surface area contributed by atoms with Crippen molar-refractivity contribution in [1.29, 1.82) is 0 Å². The molecule has 3 aliphatic rings. The molecule has 0 aliphatic carbocycles. The van der Waals surface area contributed by atoms with Crippen molar-refractivity contribution in [3.05, 3.63) is 59.7 Å². The fourth-order valence-electron chi connectivity index (χ4n) is 5.76. The lowest BCUT2D eigenvalue weighted by Crippen LogP contribution is -2.52. The minimum absolute atomic E-state index is 0.0293. The van der Waals surface area contributed by atoms with Crippen molar-refractivity contribution in [3.8, 4) is 5.75 Å². The second-order valence-electron chi connectivity index (χ2n) is 13.7. The fraction of sp³-hybridized carbons (Fsp3) is 0.594. The Morgan fingerprint density at radius 1 is 1.05 bits per heavy atom. The summed E-state index contributed by atoms with van der Waals surface area (Å²) in [4.78, 5) is 15.0. The lowest BCUT2D eigenvalue weighted by molar-refractivity contribution is -0.0584. The van der Waals surface area contributed by atoms with Crippen LogP contribution in [0.3, 0.4) is 0 Å². The van der Waals surface area contributed by atoms with Crippen LogP contribution in [0.25, 0.3) is 0 Å². The lowest BCUT2D eigenvalue weighted by atomic mass is 9.79. The summed E-state index contributed by atoms with van der Waals surface area (Å²) in [6.07, 6.45) is -0.207. The van der Waals surface area contributed by atoms with E-state index in [-0.39, 0.29) is 17.7 Å². The van der Waals surface area contributed by atoms with Gasteiger partial charge >= 0.3 is 13.2 Å². The van der Waals surface area contributed by atoms with Gasteiger partial charge in [-0.05, 0) is 97.1 Å². The van der Waals surface area contributed by atoms with Gasteiger partial charge in [-0.2, -0.15) is 0 Å². The molecule has 2 aromatic carbocycles. The van der Waals surface area contributed by atoms with Gasteiger partial charge in [-0.15, -0.1) is 0 Å². The Bertz CT molecular complexity index is 1290. The number of amides is 1. The highest BCUT2D eigenvalue weighted by Crippen LogP contribution is 2.37. The molecule has 0 radical (unpaired) electrons. The second-order valence-corrected chi connectivity index (χ2v) is 13.7. The van der Waals surface area contributed by atoms with Crippen LogP contribution in [0, 0.1) is 11.6 Å². The van der Waals surface area contributed by atoms with Gasteiger partial charge in [0.1, 0.15) is 35.2 Å². The summed E-state index contributed by atoms with van der Waals surface area (Å²) in [6, 6.07) is 10.4. The molecule has 3 aliphatic heterocycles. The third kappa shape index (κ3) is 7.33. The van der Waals surface area contributed by atoms with E-state index in [9.17, 15) is 13.6 Å². The number of hydrogen-bond donors (Lipinski definition) is 1. The topological polar surface area (TPSA) is 78.5 Å².